The normalized spacial score (nSPS) is 25.2. The first-order valence-corrected chi connectivity index (χ1v) is 6.26. The second-order valence-corrected chi connectivity index (χ2v) is 4.56. The minimum atomic E-state index is -0.0667. The maximum atomic E-state index is 11.5. The van der Waals surface area contributed by atoms with Crippen LogP contribution in [0.3, 0.4) is 0 Å². The van der Waals surface area contributed by atoms with E-state index in [0.29, 0.717) is 6.61 Å². The molecule has 96 valence electrons. The summed E-state index contributed by atoms with van der Waals surface area (Å²) >= 11 is 0. The second kappa shape index (κ2) is 4.89. The molecule has 0 unspecified atom stereocenters. The second-order valence-electron chi connectivity index (χ2n) is 4.56. The van der Waals surface area contributed by atoms with Crippen LogP contribution in [-0.4, -0.2) is 59.7 Å². The van der Waals surface area contributed by atoms with Crippen LogP contribution in [0.5, 0.6) is 0 Å². The number of carbonyl (C=O) groups is 1. The van der Waals surface area contributed by atoms with Crippen LogP contribution in [0, 0.1) is 0 Å². The van der Waals surface area contributed by atoms with E-state index in [0.717, 1.165) is 38.4 Å². The highest BCUT2D eigenvalue weighted by Gasteiger charge is 2.34. The van der Waals surface area contributed by atoms with E-state index in [1.54, 1.807) is 18.6 Å². The third-order valence-electron chi connectivity index (χ3n) is 3.54. The molecule has 0 spiro atoms. The summed E-state index contributed by atoms with van der Waals surface area (Å²) in [6.45, 7) is 4.06. The van der Waals surface area contributed by atoms with Gasteiger partial charge in [0, 0.05) is 45.0 Å². The van der Waals surface area contributed by atoms with Gasteiger partial charge in [-0.2, -0.15) is 0 Å². The Balaban J connectivity index is 1.60. The van der Waals surface area contributed by atoms with Crippen LogP contribution >= 0.6 is 0 Å². The summed E-state index contributed by atoms with van der Waals surface area (Å²) in [5.41, 5.74) is 0. The van der Waals surface area contributed by atoms with E-state index < -0.39 is 0 Å². The van der Waals surface area contributed by atoms with Gasteiger partial charge in [-0.15, -0.1) is 0 Å². The number of rotatable bonds is 2. The number of aromatic nitrogens is 2. The Kier molecular flexibility index (Phi) is 3.10. The molecule has 1 aromatic heterocycles. The summed E-state index contributed by atoms with van der Waals surface area (Å²) in [5, 5.41) is 0. The molecule has 3 rings (SSSR count). The lowest BCUT2D eigenvalue weighted by atomic mass is 10.2. The summed E-state index contributed by atoms with van der Waals surface area (Å²) < 4.78 is 5.01. The molecule has 2 saturated heterocycles. The number of ether oxygens (including phenoxy) is 1. The average molecular weight is 248 g/mol. The molecule has 3 heterocycles. The van der Waals surface area contributed by atoms with Crippen molar-refractivity contribution in [1.29, 1.82) is 0 Å². The van der Waals surface area contributed by atoms with Crippen molar-refractivity contribution in [3.8, 4) is 0 Å². The largest absolute Gasteiger partial charge is 0.464 e. The molecule has 0 amide bonds. The number of esters is 1. The molecular weight excluding hydrogens is 232 g/mol. The molecule has 18 heavy (non-hydrogen) atoms. The van der Waals surface area contributed by atoms with E-state index in [1.165, 1.54) is 0 Å². The zero-order valence-corrected chi connectivity index (χ0v) is 10.2. The van der Waals surface area contributed by atoms with Crippen molar-refractivity contribution in [2.45, 2.75) is 12.5 Å². The predicted molar refractivity (Wildman–Crippen MR) is 65.2 cm³/mol. The minimum Gasteiger partial charge on any atom is -0.464 e. The fourth-order valence-corrected chi connectivity index (χ4v) is 2.53. The van der Waals surface area contributed by atoms with Crippen molar-refractivity contribution in [1.82, 2.24) is 14.9 Å². The monoisotopic (exact) mass is 248 g/mol. The third-order valence-corrected chi connectivity index (χ3v) is 3.54. The molecule has 1 aromatic rings. The summed E-state index contributed by atoms with van der Waals surface area (Å²) in [7, 11) is 0. The highest BCUT2D eigenvalue weighted by molar-refractivity contribution is 5.77. The summed E-state index contributed by atoms with van der Waals surface area (Å²) in [6.07, 6.45) is 5.98. The van der Waals surface area contributed by atoms with Crippen molar-refractivity contribution < 1.29 is 9.53 Å². The van der Waals surface area contributed by atoms with Crippen molar-refractivity contribution in [2.24, 2.45) is 0 Å². The summed E-state index contributed by atoms with van der Waals surface area (Å²) in [4.78, 5) is 24.3. The van der Waals surface area contributed by atoms with Gasteiger partial charge in [0.1, 0.15) is 11.9 Å². The number of anilines is 1. The fraction of sp³-hybridized carbons (Fsp3) is 0.583. The van der Waals surface area contributed by atoms with Gasteiger partial charge in [0.15, 0.2) is 0 Å². The van der Waals surface area contributed by atoms with Crippen molar-refractivity contribution in [2.75, 3.05) is 37.7 Å². The molecular formula is C12H16N4O2. The average Bonchev–Trinajstić information content (AvgIpc) is 2.86. The Bertz CT molecular complexity index is 417. The predicted octanol–water partition coefficient (Wildman–Crippen LogP) is -0.0859. The van der Waals surface area contributed by atoms with Gasteiger partial charge in [0.25, 0.3) is 0 Å². The number of hydrogen-bond acceptors (Lipinski definition) is 6. The molecule has 0 aromatic carbocycles. The van der Waals surface area contributed by atoms with Gasteiger partial charge in [-0.05, 0) is 0 Å². The van der Waals surface area contributed by atoms with Gasteiger partial charge in [0.05, 0.1) is 12.8 Å². The quantitative estimate of drug-likeness (QED) is 0.682. The van der Waals surface area contributed by atoms with Gasteiger partial charge in [-0.25, -0.2) is 4.98 Å². The maximum absolute atomic E-state index is 11.5. The van der Waals surface area contributed by atoms with Gasteiger partial charge < -0.3 is 9.64 Å². The molecule has 2 fully saturated rings. The third kappa shape index (κ3) is 2.15. The Morgan fingerprint density at radius 3 is 2.67 bits per heavy atom. The molecule has 6 nitrogen and oxygen atoms in total. The molecule has 0 aliphatic carbocycles. The van der Waals surface area contributed by atoms with Crippen LogP contribution in [0.25, 0.3) is 0 Å². The van der Waals surface area contributed by atoms with Gasteiger partial charge >= 0.3 is 5.97 Å². The molecule has 0 bridgehead atoms. The van der Waals surface area contributed by atoms with Gasteiger partial charge in [0.2, 0.25) is 0 Å². The molecule has 2 aliphatic heterocycles. The Labute approximate surface area is 106 Å². The lowest BCUT2D eigenvalue weighted by Crippen LogP contribution is -2.51. The Hall–Kier alpha value is -1.69. The molecule has 6 heteroatoms. The molecule has 1 atom stereocenters. The first-order valence-electron chi connectivity index (χ1n) is 6.26. The van der Waals surface area contributed by atoms with Crippen molar-refractivity contribution in [3.05, 3.63) is 18.6 Å². The number of cyclic esters (lactones) is 1. The first kappa shape index (κ1) is 11.4. The molecule has 2 aliphatic rings. The SMILES string of the molecule is O=C1OCC[C@H]1N1CCN(c2cnccn2)CC1. The van der Waals surface area contributed by atoms with Crippen LogP contribution in [0.4, 0.5) is 5.82 Å². The first-order chi connectivity index (χ1) is 8.84. The van der Waals surface area contributed by atoms with E-state index in [9.17, 15) is 4.79 Å². The van der Waals surface area contributed by atoms with Crippen LogP contribution in [0.1, 0.15) is 6.42 Å². The lowest BCUT2D eigenvalue weighted by Gasteiger charge is -2.36. The Morgan fingerprint density at radius 1 is 1.22 bits per heavy atom. The number of hydrogen-bond donors (Lipinski definition) is 0. The smallest absolute Gasteiger partial charge is 0.323 e. The van der Waals surface area contributed by atoms with Gasteiger partial charge in [-0.3, -0.25) is 14.7 Å². The minimum absolute atomic E-state index is 0.0333. The Morgan fingerprint density at radius 2 is 2.06 bits per heavy atom. The molecule has 0 saturated carbocycles. The van der Waals surface area contributed by atoms with Crippen LogP contribution < -0.4 is 4.90 Å². The van der Waals surface area contributed by atoms with Gasteiger partial charge in [-0.1, -0.05) is 0 Å². The highest BCUT2D eigenvalue weighted by Crippen LogP contribution is 2.18. The summed E-state index contributed by atoms with van der Waals surface area (Å²) in [5.74, 6) is 0.842. The van der Waals surface area contributed by atoms with Crippen LogP contribution in [0.15, 0.2) is 18.6 Å². The van der Waals surface area contributed by atoms with E-state index in [2.05, 4.69) is 19.8 Å². The van der Waals surface area contributed by atoms with Crippen molar-refractivity contribution >= 4 is 11.8 Å². The number of carbonyl (C=O) groups excluding carboxylic acids is 1. The lowest BCUT2D eigenvalue weighted by molar-refractivity contribution is -0.142. The van der Waals surface area contributed by atoms with E-state index in [-0.39, 0.29) is 12.0 Å². The maximum Gasteiger partial charge on any atom is 0.323 e. The van der Waals surface area contributed by atoms with E-state index in [4.69, 9.17) is 4.74 Å². The standard InChI is InChI=1S/C12H16N4O2/c17-12-10(1-8-18-12)15-4-6-16(7-5-15)11-9-13-2-3-14-11/h2-3,9-10H,1,4-8H2/t10-/m1/s1. The topological polar surface area (TPSA) is 58.6 Å². The van der Waals surface area contributed by atoms with Crippen LogP contribution in [-0.2, 0) is 9.53 Å². The van der Waals surface area contributed by atoms with Crippen LogP contribution in [0.2, 0.25) is 0 Å². The zero-order valence-electron chi connectivity index (χ0n) is 10.2. The van der Waals surface area contributed by atoms with Crippen molar-refractivity contribution in [3.63, 3.8) is 0 Å². The summed E-state index contributed by atoms with van der Waals surface area (Å²) in [6, 6.07) is -0.0333. The zero-order chi connectivity index (χ0) is 12.4. The number of piperazine rings is 1. The number of nitrogens with zero attached hydrogens (tertiary/aromatic N) is 4. The molecule has 0 N–H and O–H groups in total. The van der Waals surface area contributed by atoms with E-state index in [1.807, 2.05) is 0 Å². The van der Waals surface area contributed by atoms with E-state index >= 15 is 0 Å². The fourth-order valence-electron chi connectivity index (χ4n) is 2.53. The highest BCUT2D eigenvalue weighted by atomic mass is 16.5. The molecule has 0 radical (unpaired) electrons.